The Morgan fingerprint density at radius 3 is 2.50 bits per heavy atom. The molecule has 3 heterocycles. The molecule has 2 aromatic heterocycles. The van der Waals surface area contributed by atoms with Crippen molar-refractivity contribution in [1.29, 1.82) is 0 Å². The molecule has 9 nitrogen and oxygen atoms in total. The van der Waals surface area contributed by atoms with Crippen molar-refractivity contribution in [3.63, 3.8) is 0 Å². The Balaban J connectivity index is 1.55. The van der Waals surface area contributed by atoms with Gasteiger partial charge < -0.3 is 16.0 Å². The second-order valence-corrected chi connectivity index (χ2v) is 6.63. The largest absolute Gasteiger partial charge is 0.365 e. The van der Waals surface area contributed by atoms with Crippen LogP contribution in [-0.2, 0) is 4.79 Å². The number of carbonyl (C=O) groups excluding carboxylic acids is 3. The number of amides is 3. The Hall–Kier alpha value is -3.75. The lowest BCUT2D eigenvalue weighted by Crippen LogP contribution is -2.60. The average molecular weight is 377 g/mol. The highest BCUT2D eigenvalue weighted by Gasteiger charge is 2.31. The molecule has 0 bridgehead atoms. The molecule has 4 rings (SSSR count). The van der Waals surface area contributed by atoms with E-state index in [9.17, 15) is 14.4 Å². The number of nitrogens with zero attached hydrogens (tertiary/aromatic N) is 4. The van der Waals surface area contributed by atoms with Gasteiger partial charge in [0.25, 0.3) is 11.8 Å². The molecule has 1 radical (unpaired) electrons. The molecule has 9 heteroatoms. The van der Waals surface area contributed by atoms with Crippen molar-refractivity contribution in [2.75, 3.05) is 13.1 Å². The number of aromatic nitrogens is 3. The minimum Gasteiger partial charge on any atom is -0.365 e. The maximum atomic E-state index is 12.5. The molecule has 3 N–H and O–H groups in total. The fourth-order valence-electron chi connectivity index (χ4n) is 3.26. The smallest absolute Gasteiger partial charge is 0.253 e. The first kappa shape index (κ1) is 17.7. The number of fused-ring (bicyclic) bond motifs is 1. The van der Waals surface area contributed by atoms with E-state index in [1.165, 1.54) is 11.4 Å². The molecule has 1 fully saturated rings. The van der Waals surface area contributed by atoms with Crippen LogP contribution in [0.2, 0.25) is 0 Å². The highest BCUT2D eigenvalue weighted by Crippen LogP contribution is 2.23. The number of carbonyl (C=O) groups is 3. The topological polar surface area (TPSA) is 123 Å². The van der Waals surface area contributed by atoms with E-state index >= 15 is 0 Å². The number of pyridine rings is 1. The lowest BCUT2D eigenvalue weighted by Gasteiger charge is -2.39. The third kappa shape index (κ3) is 3.07. The van der Waals surface area contributed by atoms with Crippen LogP contribution >= 0.6 is 0 Å². The van der Waals surface area contributed by atoms with Crippen molar-refractivity contribution >= 4 is 23.4 Å². The van der Waals surface area contributed by atoms with Gasteiger partial charge in [-0.1, -0.05) is 12.1 Å². The van der Waals surface area contributed by atoms with E-state index in [0.29, 0.717) is 30.0 Å². The number of benzene rings is 1. The molecule has 0 atom stereocenters. The summed E-state index contributed by atoms with van der Waals surface area (Å²) in [6.07, 6.45) is 2.48. The molecule has 1 aromatic carbocycles. The summed E-state index contributed by atoms with van der Waals surface area (Å²) in [6.45, 7) is 2.47. The minimum absolute atomic E-state index is 0.0151. The van der Waals surface area contributed by atoms with Crippen molar-refractivity contribution in [1.82, 2.24) is 24.8 Å². The fraction of sp³-hybridized carbons (Fsp3) is 0.211. The van der Waals surface area contributed by atoms with Crippen LogP contribution in [0.25, 0.3) is 16.9 Å². The summed E-state index contributed by atoms with van der Waals surface area (Å²) in [5.41, 5.74) is 8.01. The van der Waals surface area contributed by atoms with E-state index in [-0.39, 0.29) is 23.4 Å². The Kier molecular flexibility index (Phi) is 4.26. The molecule has 3 amide bonds. The second-order valence-electron chi connectivity index (χ2n) is 6.63. The third-order valence-electron chi connectivity index (χ3n) is 4.65. The number of hydrogen-bond acceptors (Lipinski definition) is 5. The predicted octanol–water partition coefficient (Wildman–Crippen LogP) is 0.256. The maximum Gasteiger partial charge on any atom is 0.253 e. The van der Waals surface area contributed by atoms with Crippen molar-refractivity contribution < 1.29 is 14.4 Å². The molecule has 0 saturated carbocycles. The SMILES string of the molecule is CC(=O)NC1CN(C(=O)c2ccc(-c3ccc(C(N)=O)c4n[c]nn34)cc2)C1. The van der Waals surface area contributed by atoms with Gasteiger partial charge in [-0.2, -0.15) is 0 Å². The van der Waals surface area contributed by atoms with E-state index in [0.717, 1.165) is 5.56 Å². The molecule has 3 aromatic rings. The van der Waals surface area contributed by atoms with Gasteiger partial charge >= 0.3 is 0 Å². The van der Waals surface area contributed by atoms with Gasteiger partial charge in [0.1, 0.15) is 0 Å². The number of hydrogen-bond donors (Lipinski definition) is 2. The Morgan fingerprint density at radius 1 is 1.14 bits per heavy atom. The Labute approximate surface area is 160 Å². The van der Waals surface area contributed by atoms with Crippen LogP contribution in [0.5, 0.6) is 0 Å². The normalized spacial score (nSPS) is 14.0. The summed E-state index contributed by atoms with van der Waals surface area (Å²) in [7, 11) is 0. The zero-order valence-corrected chi connectivity index (χ0v) is 15.0. The van der Waals surface area contributed by atoms with Crippen molar-refractivity contribution in [2.24, 2.45) is 5.73 Å². The number of primary amides is 1. The average Bonchev–Trinajstić information content (AvgIpc) is 3.12. The van der Waals surface area contributed by atoms with Gasteiger partial charge in [-0.25, -0.2) is 9.50 Å². The lowest BCUT2D eigenvalue weighted by atomic mass is 10.0. The van der Waals surface area contributed by atoms with E-state index in [1.807, 2.05) is 0 Å². The minimum atomic E-state index is -0.592. The van der Waals surface area contributed by atoms with E-state index < -0.39 is 5.91 Å². The van der Waals surface area contributed by atoms with E-state index in [1.54, 1.807) is 41.3 Å². The van der Waals surface area contributed by atoms with Gasteiger partial charge in [-0.3, -0.25) is 14.4 Å². The first-order chi connectivity index (χ1) is 13.4. The monoisotopic (exact) mass is 377 g/mol. The highest BCUT2D eigenvalue weighted by atomic mass is 16.2. The van der Waals surface area contributed by atoms with E-state index in [2.05, 4.69) is 21.7 Å². The van der Waals surface area contributed by atoms with E-state index in [4.69, 9.17) is 5.73 Å². The van der Waals surface area contributed by atoms with Gasteiger partial charge in [-0.15, -0.1) is 5.10 Å². The molecule has 0 spiro atoms. The van der Waals surface area contributed by atoms with Crippen LogP contribution in [0, 0.1) is 6.33 Å². The zero-order chi connectivity index (χ0) is 19.8. The van der Waals surface area contributed by atoms with Crippen molar-refractivity contribution in [2.45, 2.75) is 13.0 Å². The summed E-state index contributed by atoms with van der Waals surface area (Å²) in [4.78, 5) is 40.8. The summed E-state index contributed by atoms with van der Waals surface area (Å²) in [6, 6.07) is 10.4. The molecule has 1 saturated heterocycles. The summed E-state index contributed by atoms with van der Waals surface area (Å²) in [5.74, 6) is -0.775. The second kappa shape index (κ2) is 6.76. The molecular weight excluding hydrogens is 360 g/mol. The predicted molar refractivity (Wildman–Crippen MR) is 99.3 cm³/mol. The quantitative estimate of drug-likeness (QED) is 0.675. The summed E-state index contributed by atoms with van der Waals surface area (Å²) in [5, 5.41) is 6.83. The van der Waals surface area contributed by atoms with Gasteiger partial charge in [-0.05, 0) is 24.3 Å². The van der Waals surface area contributed by atoms with Crippen LogP contribution < -0.4 is 11.1 Å². The summed E-state index contributed by atoms with van der Waals surface area (Å²) < 4.78 is 1.49. The number of likely N-dealkylation sites (tertiary alicyclic amines) is 1. The van der Waals surface area contributed by atoms with Crippen molar-refractivity contribution in [3.05, 3.63) is 53.9 Å². The maximum absolute atomic E-state index is 12.5. The van der Waals surface area contributed by atoms with Gasteiger partial charge in [0, 0.05) is 31.1 Å². The van der Waals surface area contributed by atoms with Crippen molar-refractivity contribution in [3.8, 4) is 11.3 Å². The first-order valence-electron chi connectivity index (χ1n) is 8.66. The fourth-order valence-corrected chi connectivity index (χ4v) is 3.26. The summed E-state index contributed by atoms with van der Waals surface area (Å²) >= 11 is 0. The highest BCUT2D eigenvalue weighted by molar-refractivity contribution is 5.99. The standard InChI is InChI=1S/C19H17N6O3/c1-11(26)23-14-8-24(9-14)19(28)13-4-2-12(3-5-13)16-7-6-15(17(20)27)18-21-10-22-25(16)18/h2-7,14H,8-9H2,1H3,(H2,20,27)(H,23,26). The van der Waals surface area contributed by atoms with Gasteiger partial charge in [0.05, 0.1) is 17.3 Å². The molecule has 0 unspecified atom stereocenters. The van der Waals surface area contributed by atoms with Crippen LogP contribution in [0.3, 0.4) is 0 Å². The van der Waals surface area contributed by atoms with Crippen LogP contribution in [0.4, 0.5) is 0 Å². The van der Waals surface area contributed by atoms with Crippen LogP contribution in [0.15, 0.2) is 36.4 Å². The molecule has 0 aliphatic carbocycles. The molecule has 1 aliphatic heterocycles. The Bertz CT molecular complexity index is 1080. The van der Waals surface area contributed by atoms with Gasteiger partial charge in [0.15, 0.2) is 5.65 Å². The number of nitrogens with one attached hydrogen (secondary N) is 1. The first-order valence-corrected chi connectivity index (χ1v) is 8.66. The van der Waals surface area contributed by atoms with Crippen LogP contribution in [0.1, 0.15) is 27.6 Å². The number of rotatable bonds is 4. The lowest BCUT2D eigenvalue weighted by molar-refractivity contribution is -0.120. The molecule has 141 valence electrons. The zero-order valence-electron chi connectivity index (χ0n) is 15.0. The van der Waals surface area contributed by atoms with Crippen LogP contribution in [-0.4, -0.2) is 56.4 Å². The molecule has 28 heavy (non-hydrogen) atoms. The molecular formula is C19H17N6O3. The molecule has 1 aliphatic rings. The Morgan fingerprint density at radius 2 is 1.86 bits per heavy atom. The number of nitrogens with two attached hydrogens (primary N) is 1. The third-order valence-corrected chi connectivity index (χ3v) is 4.65. The van der Waals surface area contributed by atoms with Gasteiger partial charge in [0.2, 0.25) is 12.2 Å².